The molecule has 6 heteroatoms. The van der Waals surface area contributed by atoms with Gasteiger partial charge in [0.25, 0.3) is 0 Å². The van der Waals surface area contributed by atoms with E-state index in [1.54, 1.807) is 24.3 Å². The first-order chi connectivity index (χ1) is 12.5. The molecule has 0 unspecified atom stereocenters. The summed E-state index contributed by atoms with van der Waals surface area (Å²) >= 11 is 0. The molecule has 0 fully saturated rings. The number of methoxy groups -OCH3 is 1. The van der Waals surface area contributed by atoms with Gasteiger partial charge in [0.05, 0.1) is 18.4 Å². The summed E-state index contributed by atoms with van der Waals surface area (Å²) in [5.74, 6) is 0.819. The number of anilines is 1. The van der Waals surface area contributed by atoms with Gasteiger partial charge in [0.1, 0.15) is 17.6 Å². The fraction of sp³-hybridized carbons (Fsp3) is 0.100. The van der Waals surface area contributed by atoms with E-state index >= 15 is 0 Å². The molecule has 0 spiro atoms. The highest BCUT2D eigenvalue weighted by Gasteiger charge is 2.21. The lowest BCUT2D eigenvalue weighted by atomic mass is 10.2. The van der Waals surface area contributed by atoms with Crippen LogP contribution >= 0.6 is 0 Å². The summed E-state index contributed by atoms with van der Waals surface area (Å²) in [6, 6.07) is 16.8. The number of nitrogens with zero attached hydrogens (tertiary/aromatic N) is 2. The largest absolute Gasteiger partial charge is 0.464 e. The molecule has 2 N–H and O–H groups in total. The van der Waals surface area contributed by atoms with E-state index in [4.69, 9.17) is 15.2 Å². The van der Waals surface area contributed by atoms with E-state index in [-0.39, 0.29) is 16.9 Å². The Kier molecular flexibility index (Phi) is 4.63. The van der Waals surface area contributed by atoms with Gasteiger partial charge in [0.15, 0.2) is 5.69 Å². The van der Waals surface area contributed by atoms with Crippen LogP contribution in [0.25, 0.3) is 5.69 Å². The lowest BCUT2D eigenvalue weighted by Crippen LogP contribution is -2.11. The third-order valence-corrected chi connectivity index (χ3v) is 3.98. The summed E-state index contributed by atoms with van der Waals surface area (Å²) in [7, 11) is 1.27. The molecule has 1 heterocycles. The minimum atomic E-state index is -0.607. The second-order valence-corrected chi connectivity index (χ2v) is 5.64. The standard InChI is InChI=1S/C20H17N3O3/c1-13-5-3-4-6-17(13)26-16-9-7-15(8-10-16)23-12-14(11-21)18(22)19(23)20(24)25-2/h3-10,12H,22H2,1-2H3. The number of esters is 1. The van der Waals surface area contributed by atoms with Gasteiger partial charge in [-0.25, -0.2) is 4.79 Å². The van der Waals surface area contributed by atoms with E-state index in [0.717, 1.165) is 11.3 Å². The number of aromatic nitrogens is 1. The molecule has 2 aromatic carbocycles. The minimum absolute atomic E-state index is 0.0968. The SMILES string of the molecule is COC(=O)c1c(N)c(C#N)cn1-c1ccc(Oc2ccccc2C)cc1. The Labute approximate surface area is 151 Å². The number of rotatable bonds is 4. The molecule has 0 amide bonds. The Morgan fingerprint density at radius 3 is 2.46 bits per heavy atom. The van der Waals surface area contributed by atoms with Crippen molar-refractivity contribution in [3.8, 4) is 23.3 Å². The number of nitrogen functional groups attached to an aromatic ring is 1. The molecular formula is C20H17N3O3. The van der Waals surface area contributed by atoms with Crippen molar-refractivity contribution in [1.29, 1.82) is 5.26 Å². The van der Waals surface area contributed by atoms with Crippen LogP contribution in [0.3, 0.4) is 0 Å². The van der Waals surface area contributed by atoms with Gasteiger partial charge in [-0.3, -0.25) is 0 Å². The van der Waals surface area contributed by atoms with Crippen molar-refractivity contribution >= 4 is 11.7 Å². The number of carbonyl (C=O) groups excluding carboxylic acids is 1. The number of nitriles is 1. The highest BCUT2D eigenvalue weighted by atomic mass is 16.5. The van der Waals surface area contributed by atoms with Gasteiger partial charge in [0, 0.05) is 11.9 Å². The lowest BCUT2D eigenvalue weighted by molar-refractivity contribution is 0.0593. The van der Waals surface area contributed by atoms with Gasteiger partial charge in [-0.15, -0.1) is 0 Å². The molecule has 26 heavy (non-hydrogen) atoms. The van der Waals surface area contributed by atoms with E-state index in [9.17, 15) is 10.1 Å². The predicted octanol–water partition coefficient (Wildman–Crippen LogP) is 3.82. The van der Waals surface area contributed by atoms with Crippen LogP contribution in [0.2, 0.25) is 0 Å². The van der Waals surface area contributed by atoms with Crippen LogP contribution in [0.5, 0.6) is 11.5 Å². The number of ether oxygens (including phenoxy) is 2. The van der Waals surface area contributed by atoms with E-state index in [0.29, 0.717) is 11.4 Å². The number of hydrogen-bond acceptors (Lipinski definition) is 5. The topological polar surface area (TPSA) is 90.3 Å². The Morgan fingerprint density at radius 2 is 1.85 bits per heavy atom. The summed E-state index contributed by atoms with van der Waals surface area (Å²) in [5, 5.41) is 9.18. The smallest absolute Gasteiger partial charge is 0.357 e. The van der Waals surface area contributed by atoms with Crippen LogP contribution in [0.4, 0.5) is 5.69 Å². The van der Waals surface area contributed by atoms with Crippen LogP contribution in [0, 0.1) is 18.3 Å². The summed E-state index contributed by atoms with van der Waals surface area (Å²) in [6.07, 6.45) is 1.51. The third kappa shape index (κ3) is 3.10. The highest BCUT2D eigenvalue weighted by molar-refractivity contribution is 5.95. The van der Waals surface area contributed by atoms with Crippen LogP contribution < -0.4 is 10.5 Å². The number of hydrogen-bond donors (Lipinski definition) is 1. The summed E-state index contributed by atoms with van der Waals surface area (Å²) in [4.78, 5) is 12.0. The Morgan fingerprint density at radius 1 is 1.15 bits per heavy atom. The molecule has 0 saturated carbocycles. The molecule has 0 atom stereocenters. The predicted molar refractivity (Wildman–Crippen MR) is 97.5 cm³/mol. The number of para-hydroxylation sites is 1. The van der Waals surface area contributed by atoms with Crippen molar-refractivity contribution in [2.24, 2.45) is 0 Å². The maximum absolute atomic E-state index is 12.0. The van der Waals surface area contributed by atoms with Crippen molar-refractivity contribution in [3.63, 3.8) is 0 Å². The second kappa shape index (κ2) is 7.03. The zero-order valence-electron chi connectivity index (χ0n) is 14.4. The lowest BCUT2D eigenvalue weighted by Gasteiger charge is -2.11. The summed E-state index contributed by atoms with van der Waals surface area (Å²) in [6.45, 7) is 1.97. The molecule has 3 rings (SSSR count). The van der Waals surface area contributed by atoms with Crippen molar-refractivity contribution in [3.05, 3.63) is 71.5 Å². The highest BCUT2D eigenvalue weighted by Crippen LogP contribution is 2.28. The minimum Gasteiger partial charge on any atom is -0.464 e. The summed E-state index contributed by atoms with van der Waals surface area (Å²) < 4.78 is 12.2. The zero-order chi connectivity index (χ0) is 18.7. The first-order valence-electron chi connectivity index (χ1n) is 7.88. The number of aryl methyl sites for hydroxylation is 1. The van der Waals surface area contributed by atoms with Crippen molar-refractivity contribution in [2.75, 3.05) is 12.8 Å². The average Bonchev–Trinajstić information content (AvgIpc) is 3.00. The number of carbonyl (C=O) groups is 1. The summed E-state index contributed by atoms with van der Waals surface area (Å²) in [5.41, 5.74) is 8.03. The van der Waals surface area contributed by atoms with Crippen LogP contribution in [-0.2, 0) is 4.74 Å². The molecule has 6 nitrogen and oxygen atoms in total. The van der Waals surface area contributed by atoms with Crippen molar-refractivity contribution in [1.82, 2.24) is 4.57 Å². The van der Waals surface area contributed by atoms with Gasteiger partial charge in [-0.05, 0) is 42.8 Å². The van der Waals surface area contributed by atoms with Crippen LogP contribution in [0.1, 0.15) is 21.6 Å². The number of nitrogens with two attached hydrogens (primary N) is 1. The van der Waals surface area contributed by atoms with Gasteiger partial charge in [-0.2, -0.15) is 5.26 Å². The third-order valence-electron chi connectivity index (χ3n) is 3.98. The normalized spacial score (nSPS) is 10.2. The number of benzene rings is 2. The fourth-order valence-corrected chi connectivity index (χ4v) is 2.59. The fourth-order valence-electron chi connectivity index (χ4n) is 2.59. The Hall–Kier alpha value is -3.72. The van der Waals surface area contributed by atoms with E-state index in [1.165, 1.54) is 17.9 Å². The van der Waals surface area contributed by atoms with Crippen molar-refractivity contribution in [2.45, 2.75) is 6.92 Å². The van der Waals surface area contributed by atoms with Crippen LogP contribution in [0.15, 0.2) is 54.7 Å². The van der Waals surface area contributed by atoms with Gasteiger partial charge >= 0.3 is 5.97 Å². The molecule has 0 aliphatic carbocycles. The van der Waals surface area contributed by atoms with Crippen molar-refractivity contribution < 1.29 is 14.3 Å². The first kappa shape index (κ1) is 17.1. The quantitative estimate of drug-likeness (QED) is 0.725. The second-order valence-electron chi connectivity index (χ2n) is 5.64. The molecule has 130 valence electrons. The first-order valence-corrected chi connectivity index (χ1v) is 7.88. The maximum atomic E-state index is 12.0. The molecule has 0 aliphatic heterocycles. The molecule has 0 aliphatic rings. The Bertz CT molecular complexity index is 998. The van der Waals surface area contributed by atoms with Gasteiger partial charge in [0.2, 0.25) is 0 Å². The van der Waals surface area contributed by atoms with Gasteiger partial charge < -0.3 is 19.8 Å². The van der Waals surface area contributed by atoms with E-state index in [1.807, 2.05) is 37.3 Å². The van der Waals surface area contributed by atoms with Crippen LogP contribution in [-0.4, -0.2) is 17.6 Å². The molecular weight excluding hydrogens is 330 g/mol. The zero-order valence-corrected chi connectivity index (χ0v) is 14.4. The van der Waals surface area contributed by atoms with Gasteiger partial charge in [-0.1, -0.05) is 18.2 Å². The van der Waals surface area contributed by atoms with E-state index in [2.05, 4.69) is 0 Å². The molecule has 3 aromatic rings. The maximum Gasteiger partial charge on any atom is 0.357 e. The van der Waals surface area contributed by atoms with E-state index < -0.39 is 5.97 Å². The molecule has 0 bridgehead atoms. The Balaban J connectivity index is 1.96. The molecule has 0 saturated heterocycles. The average molecular weight is 347 g/mol. The molecule has 1 aromatic heterocycles. The molecule has 0 radical (unpaired) electrons. The monoisotopic (exact) mass is 347 g/mol.